The predicted octanol–water partition coefficient (Wildman–Crippen LogP) is 2.87. The molecule has 21 heavy (non-hydrogen) atoms. The van der Waals surface area contributed by atoms with Gasteiger partial charge in [0.2, 0.25) is 0 Å². The van der Waals surface area contributed by atoms with Gasteiger partial charge in [-0.1, -0.05) is 24.3 Å². The largest absolute Gasteiger partial charge is 0.491 e. The molecule has 108 valence electrons. The number of ether oxygens (including phenoxy) is 1. The Morgan fingerprint density at radius 1 is 1.24 bits per heavy atom. The van der Waals surface area contributed by atoms with E-state index < -0.39 is 0 Å². The molecule has 4 nitrogen and oxygen atoms in total. The zero-order valence-electron chi connectivity index (χ0n) is 12.0. The molecular weight excluding hydrogens is 264 g/mol. The summed E-state index contributed by atoms with van der Waals surface area (Å²) >= 11 is 0. The van der Waals surface area contributed by atoms with Crippen LogP contribution in [0.2, 0.25) is 0 Å². The van der Waals surface area contributed by atoms with Crippen LogP contribution in [0, 0.1) is 0 Å². The number of para-hydroxylation sites is 2. The lowest BCUT2D eigenvalue weighted by atomic mass is 10.1. The SMILES string of the molecule is CCOc1c(N)cccc1C(=O)N1CCc2ccccc21. The average molecular weight is 282 g/mol. The van der Waals surface area contributed by atoms with Gasteiger partial charge in [-0.05, 0) is 37.1 Å². The highest BCUT2D eigenvalue weighted by Gasteiger charge is 2.27. The number of hydrogen-bond acceptors (Lipinski definition) is 3. The van der Waals surface area contributed by atoms with Crippen LogP contribution in [0.15, 0.2) is 42.5 Å². The molecule has 2 aromatic carbocycles. The molecule has 0 fully saturated rings. The Bertz CT molecular complexity index is 682. The normalized spacial score (nSPS) is 13.1. The number of carbonyl (C=O) groups is 1. The molecule has 0 aliphatic carbocycles. The van der Waals surface area contributed by atoms with Gasteiger partial charge >= 0.3 is 0 Å². The first-order valence-electron chi connectivity index (χ1n) is 7.13. The minimum absolute atomic E-state index is 0.0595. The molecule has 0 aromatic heterocycles. The zero-order valence-corrected chi connectivity index (χ0v) is 12.0. The molecule has 2 N–H and O–H groups in total. The number of nitrogen functional groups attached to an aromatic ring is 1. The highest BCUT2D eigenvalue weighted by Crippen LogP contribution is 2.33. The molecule has 0 unspecified atom stereocenters. The fourth-order valence-corrected chi connectivity index (χ4v) is 2.72. The van der Waals surface area contributed by atoms with E-state index in [-0.39, 0.29) is 5.91 Å². The quantitative estimate of drug-likeness (QED) is 0.881. The van der Waals surface area contributed by atoms with Gasteiger partial charge in [-0.25, -0.2) is 0 Å². The number of carbonyl (C=O) groups excluding carboxylic acids is 1. The monoisotopic (exact) mass is 282 g/mol. The molecule has 0 saturated heterocycles. The summed E-state index contributed by atoms with van der Waals surface area (Å²) in [5, 5.41) is 0. The summed E-state index contributed by atoms with van der Waals surface area (Å²) in [7, 11) is 0. The van der Waals surface area contributed by atoms with Crippen molar-refractivity contribution in [1.82, 2.24) is 0 Å². The maximum atomic E-state index is 12.8. The van der Waals surface area contributed by atoms with Crippen LogP contribution in [0.5, 0.6) is 5.75 Å². The summed E-state index contributed by atoms with van der Waals surface area (Å²) in [6.45, 7) is 3.05. The average Bonchev–Trinajstić information content (AvgIpc) is 2.93. The smallest absolute Gasteiger partial charge is 0.262 e. The molecule has 1 aliphatic rings. The van der Waals surface area contributed by atoms with Crippen LogP contribution in [-0.2, 0) is 6.42 Å². The van der Waals surface area contributed by atoms with Gasteiger partial charge in [-0.2, -0.15) is 0 Å². The first-order valence-corrected chi connectivity index (χ1v) is 7.13. The summed E-state index contributed by atoms with van der Waals surface area (Å²) in [5.41, 5.74) is 9.14. The van der Waals surface area contributed by atoms with Crippen molar-refractivity contribution < 1.29 is 9.53 Å². The number of nitrogens with zero attached hydrogens (tertiary/aromatic N) is 1. The second-order valence-electron chi connectivity index (χ2n) is 4.99. The van der Waals surface area contributed by atoms with Crippen molar-refractivity contribution in [3.8, 4) is 5.75 Å². The Labute approximate surface area is 124 Å². The van der Waals surface area contributed by atoms with Crippen LogP contribution in [0.4, 0.5) is 11.4 Å². The van der Waals surface area contributed by atoms with Crippen LogP contribution in [0.1, 0.15) is 22.8 Å². The zero-order chi connectivity index (χ0) is 14.8. The van der Waals surface area contributed by atoms with Gasteiger partial charge in [0, 0.05) is 12.2 Å². The third-order valence-electron chi connectivity index (χ3n) is 3.70. The number of hydrogen-bond donors (Lipinski definition) is 1. The maximum Gasteiger partial charge on any atom is 0.262 e. The number of fused-ring (bicyclic) bond motifs is 1. The molecule has 0 atom stereocenters. The number of nitrogens with two attached hydrogens (primary N) is 1. The van der Waals surface area contributed by atoms with Gasteiger partial charge in [0.25, 0.3) is 5.91 Å². The van der Waals surface area contributed by atoms with Crippen LogP contribution in [-0.4, -0.2) is 19.1 Å². The standard InChI is InChI=1S/C17H18N2O2/c1-2-21-16-13(7-5-8-14(16)18)17(20)19-11-10-12-6-3-4-9-15(12)19/h3-9H,2,10-11,18H2,1H3. The van der Waals surface area contributed by atoms with E-state index >= 15 is 0 Å². The van der Waals surface area contributed by atoms with Crippen molar-refractivity contribution >= 4 is 17.3 Å². The topological polar surface area (TPSA) is 55.6 Å². The van der Waals surface area contributed by atoms with Crippen molar-refractivity contribution in [2.45, 2.75) is 13.3 Å². The van der Waals surface area contributed by atoms with Gasteiger partial charge in [-0.3, -0.25) is 4.79 Å². The molecule has 0 spiro atoms. The molecule has 1 aliphatic heterocycles. The van der Waals surface area contributed by atoms with Crippen molar-refractivity contribution in [2.24, 2.45) is 0 Å². The second kappa shape index (κ2) is 5.48. The van der Waals surface area contributed by atoms with E-state index in [0.717, 1.165) is 12.1 Å². The van der Waals surface area contributed by atoms with E-state index in [9.17, 15) is 4.79 Å². The minimum Gasteiger partial charge on any atom is -0.491 e. The Kier molecular flexibility index (Phi) is 3.52. The molecule has 2 aromatic rings. The van der Waals surface area contributed by atoms with E-state index in [0.29, 0.717) is 30.2 Å². The molecule has 0 radical (unpaired) electrons. The van der Waals surface area contributed by atoms with Crippen LogP contribution >= 0.6 is 0 Å². The first-order chi connectivity index (χ1) is 10.2. The van der Waals surface area contributed by atoms with Gasteiger partial charge in [0.15, 0.2) is 5.75 Å². The number of rotatable bonds is 3. The highest BCUT2D eigenvalue weighted by molar-refractivity contribution is 6.09. The Morgan fingerprint density at radius 2 is 2.05 bits per heavy atom. The van der Waals surface area contributed by atoms with E-state index in [1.807, 2.05) is 25.1 Å². The van der Waals surface area contributed by atoms with Crippen molar-refractivity contribution in [3.63, 3.8) is 0 Å². The number of anilines is 2. The van der Waals surface area contributed by atoms with Gasteiger partial charge in [-0.15, -0.1) is 0 Å². The summed E-state index contributed by atoms with van der Waals surface area (Å²) < 4.78 is 5.56. The van der Waals surface area contributed by atoms with E-state index in [1.54, 1.807) is 23.1 Å². The maximum absolute atomic E-state index is 12.8. The van der Waals surface area contributed by atoms with Gasteiger partial charge in [0.05, 0.1) is 17.9 Å². The molecule has 1 amide bonds. The van der Waals surface area contributed by atoms with Gasteiger partial charge < -0.3 is 15.4 Å². The number of benzene rings is 2. The Hall–Kier alpha value is -2.49. The minimum atomic E-state index is -0.0595. The Morgan fingerprint density at radius 3 is 2.86 bits per heavy atom. The lowest BCUT2D eigenvalue weighted by molar-refractivity contribution is 0.0986. The summed E-state index contributed by atoms with van der Waals surface area (Å²) in [4.78, 5) is 14.6. The lowest BCUT2D eigenvalue weighted by Crippen LogP contribution is -2.29. The van der Waals surface area contributed by atoms with Crippen molar-refractivity contribution in [3.05, 3.63) is 53.6 Å². The molecule has 1 heterocycles. The van der Waals surface area contributed by atoms with Crippen LogP contribution in [0.3, 0.4) is 0 Å². The van der Waals surface area contributed by atoms with E-state index in [4.69, 9.17) is 10.5 Å². The third-order valence-corrected chi connectivity index (χ3v) is 3.70. The van der Waals surface area contributed by atoms with Crippen LogP contribution in [0.25, 0.3) is 0 Å². The first kappa shape index (κ1) is 13.5. The van der Waals surface area contributed by atoms with Gasteiger partial charge in [0.1, 0.15) is 0 Å². The second-order valence-corrected chi connectivity index (χ2v) is 4.99. The Balaban J connectivity index is 1.99. The van der Waals surface area contributed by atoms with Crippen molar-refractivity contribution in [2.75, 3.05) is 23.8 Å². The van der Waals surface area contributed by atoms with E-state index in [1.165, 1.54) is 5.56 Å². The van der Waals surface area contributed by atoms with Crippen LogP contribution < -0.4 is 15.4 Å². The fraction of sp³-hybridized carbons (Fsp3) is 0.235. The predicted molar refractivity (Wildman–Crippen MR) is 83.8 cm³/mol. The third kappa shape index (κ3) is 2.33. The van der Waals surface area contributed by atoms with E-state index in [2.05, 4.69) is 6.07 Å². The molecule has 3 rings (SSSR count). The molecule has 0 bridgehead atoms. The summed E-state index contributed by atoms with van der Waals surface area (Å²) in [6, 6.07) is 13.3. The van der Waals surface area contributed by atoms with Crippen molar-refractivity contribution in [1.29, 1.82) is 0 Å². The number of amides is 1. The fourth-order valence-electron chi connectivity index (χ4n) is 2.72. The highest BCUT2D eigenvalue weighted by atomic mass is 16.5. The summed E-state index contributed by atoms with van der Waals surface area (Å²) in [5.74, 6) is 0.421. The summed E-state index contributed by atoms with van der Waals surface area (Å²) in [6.07, 6.45) is 0.883. The molecule has 0 saturated carbocycles. The lowest BCUT2D eigenvalue weighted by Gasteiger charge is -2.20. The molecule has 4 heteroatoms. The molecular formula is C17H18N2O2.